The van der Waals surface area contributed by atoms with Crippen molar-refractivity contribution in [3.8, 4) is 0 Å². The molecule has 20 heteroatoms. The van der Waals surface area contributed by atoms with Gasteiger partial charge in [-0.2, -0.15) is 18.4 Å². The van der Waals surface area contributed by atoms with Crippen molar-refractivity contribution in [1.82, 2.24) is 57.2 Å². The normalized spacial score (nSPS) is 16.4. The van der Waals surface area contributed by atoms with Crippen LogP contribution in [0.4, 0.5) is 13.2 Å². The second kappa shape index (κ2) is 20.3. The van der Waals surface area contributed by atoms with Crippen LogP contribution in [0.2, 0.25) is 0 Å². The maximum atomic E-state index is 13.9. The number of aromatic nitrogens is 6. The van der Waals surface area contributed by atoms with Crippen molar-refractivity contribution in [2.24, 2.45) is 17.8 Å². The van der Waals surface area contributed by atoms with Crippen LogP contribution in [0.5, 0.6) is 0 Å². The molecule has 0 aromatic carbocycles. The van der Waals surface area contributed by atoms with Crippen molar-refractivity contribution >= 4 is 35.3 Å². The fourth-order valence-electron chi connectivity index (χ4n) is 5.93. The minimum Gasteiger partial charge on any atom is -0.344 e. The molecule has 3 rings (SSSR count). The molecule has 0 bridgehead atoms. The van der Waals surface area contributed by atoms with E-state index >= 15 is 0 Å². The van der Waals surface area contributed by atoms with E-state index in [1.165, 1.54) is 18.6 Å². The minimum absolute atomic E-state index is 0.0198. The number of halogens is 3. The Labute approximate surface area is 304 Å². The molecule has 0 unspecified atom stereocenters. The lowest BCUT2D eigenvalue weighted by molar-refractivity contribution is -0.154. The summed E-state index contributed by atoms with van der Waals surface area (Å²) in [5.41, 5.74) is -0.0198. The molecule has 2 aromatic rings. The molecule has 1 aliphatic carbocycles. The summed E-state index contributed by atoms with van der Waals surface area (Å²) in [5.74, 6) is -6.85. The number of carbonyl (C=O) groups is 6. The third-order valence-corrected chi connectivity index (χ3v) is 8.93. The zero-order valence-electron chi connectivity index (χ0n) is 30.2. The highest BCUT2D eigenvalue weighted by atomic mass is 19.4. The lowest BCUT2D eigenvalue weighted by Gasteiger charge is -2.31. The summed E-state index contributed by atoms with van der Waals surface area (Å²) in [6.07, 6.45) is 1.88. The molecule has 292 valence electrons. The summed E-state index contributed by atoms with van der Waals surface area (Å²) in [4.78, 5) is 87.5. The van der Waals surface area contributed by atoms with Crippen LogP contribution in [0.15, 0.2) is 18.6 Å². The van der Waals surface area contributed by atoms with Gasteiger partial charge in [0.2, 0.25) is 23.5 Å². The molecule has 0 radical (unpaired) electrons. The number of Topliss-reactive ketones (excluding diaryl/α,β-unsaturated/α-hetero) is 1. The molecule has 0 saturated heterocycles. The predicted octanol–water partition coefficient (Wildman–Crippen LogP) is 1.44. The number of nitrogens with one attached hydrogen (secondary N) is 6. The van der Waals surface area contributed by atoms with Crippen LogP contribution >= 0.6 is 0 Å². The topological polar surface area (TPSA) is 243 Å². The van der Waals surface area contributed by atoms with E-state index in [0.29, 0.717) is 19.3 Å². The van der Waals surface area contributed by atoms with Crippen molar-refractivity contribution in [2.75, 3.05) is 0 Å². The second-order valence-electron chi connectivity index (χ2n) is 13.7. The van der Waals surface area contributed by atoms with Gasteiger partial charge in [-0.1, -0.05) is 71.4 Å². The van der Waals surface area contributed by atoms with Gasteiger partial charge in [0.05, 0.1) is 19.2 Å². The lowest BCUT2D eigenvalue weighted by atomic mass is 9.84. The van der Waals surface area contributed by atoms with Gasteiger partial charge in [0.25, 0.3) is 11.8 Å². The van der Waals surface area contributed by atoms with Gasteiger partial charge in [-0.05, 0) is 30.6 Å². The first kappa shape index (κ1) is 42.4. The smallest absolute Gasteiger partial charge is 0.344 e. The van der Waals surface area contributed by atoms with Crippen LogP contribution in [0.3, 0.4) is 0 Å². The fourth-order valence-corrected chi connectivity index (χ4v) is 5.93. The second-order valence-corrected chi connectivity index (χ2v) is 13.7. The summed E-state index contributed by atoms with van der Waals surface area (Å²) in [5, 5.41) is 24.7. The lowest BCUT2D eigenvalue weighted by Crippen LogP contribution is -2.60. The van der Waals surface area contributed by atoms with Crippen molar-refractivity contribution in [1.29, 1.82) is 0 Å². The number of hydrogen-bond donors (Lipinski definition) is 6. The largest absolute Gasteiger partial charge is 0.391 e. The van der Waals surface area contributed by atoms with Gasteiger partial charge in [0.15, 0.2) is 5.82 Å². The van der Waals surface area contributed by atoms with Gasteiger partial charge in [-0.25, -0.2) is 4.98 Å². The molecular weight excluding hydrogens is 703 g/mol. The Balaban J connectivity index is 1.83. The Kier molecular flexibility index (Phi) is 16.2. The number of alkyl halides is 3. The van der Waals surface area contributed by atoms with Gasteiger partial charge in [0.1, 0.15) is 29.9 Å². The average molecular weight is 752 g/mol. The van der Waals surface area contributed by atoms with E-state index in [1.807, 2.05) is 13.8 Å². The van der Waals surface area contributed by atoms with E-state index in [-0.39, 0.29) is 36.2 Å². The fraction of sp³-hybridized carbons (Fsp3) is 0.667. The van der Waals surface area contributed by atoms with Crippen molar-refractivity contribution < 1.29 is 41.9 Å². The molecule has 0 spiro atoms. The molecule has 2 heterocycles. The number of tetrazole rings is 1. The summed E-state index contributed by atoms with van der Waals surface area (Å²) >= 11 is 0. The number of nitrogens with zero attached hydrogens (tertiary/aromatic N) is 5. The third-order valence-electron chi connectivity index (χ3n) is 8.93. The average Bonchev–Trinajstić information content (AvgIpc) is 3.65. The number of rotatable bonds is 19. The van der Waals surface area contributed by atoms with E-state index in [2.05, 4.69) is 57.2 Å². The SMILES string of the molecule is CC[C@H](C)[C@H](NC(=O)[C@H](CC(C)C)NC(=O)c1cnccn1)C(=O)N[C@@H](CC1CCCCC1)C(=O)N[C@@H](CC(F)(F)F)C(=O)C(=O)NCc1nn[nH]n1. The third kappa shape index (κ3) is 14.1. The number of aromatic amines is 1. The number of ketones is 1. The molecule has 5 amide bonds. The molecule has 1 fully saturated rings. The van der Waals surface area contributed by atoms with Gasteiger partial charge in [0, 0.05) is 12.4 Å². The quantitative estimate of drug-likeness (QED) is 0.112. The maximum absolute atomic E-state index is 13.9. The first-order valence-electron chi connectivity index (χ1n) is 17.7. The first-order valence-corrected chi connectivity index (χ1v) is 17.7. The minimum atomic E-state index is -4.95. The van der Waals surface area contributed by atoms with Crippen LogP contribution in [0.25, 0.3) is 0 Å². The van der Waals surface area contributed by atoms with Crippen LogP contribution < -0.4 is 26.6 Å². The summed E-state index contributed by atoms with van der Waals surface area (Å²) in [7, 11) is 0. The highest BCUT2D eigenvalue weighted by Gasteiger charge is 2.41. The van der Waals surface area contributed by atoms with Gasteiger partial charge in [-0.3, -0.25) is 33.8 Å². The van der Waals surface area contributed by atoms with Gasteiger partial charge < -0.3 is 26.6 Å². The monoisotopic (exact) mass is 751 g/mol. The van der Waals surface area contributed by atoms with Crippen LogP contribution in [0.1, 0.15) is 102 Å². The van der Waals surface area contributed by atoms with E-state index in [9.17, 15) is 41.9 Å². The van der Waals surface area contributed by atoms with E-state index in [4.69, 9.17) is 0 Å². The van der Waals surface area contributed by atoms with E-state index in [1.54, 1.807) is 13.8 Å². The summed E-state index contributed by atoms with van der Waals surface area (Å²) in [6.45, 7) is 6.75. The Morgan fingerprint density at radius 3 is 2.15 bits per heavy atom. The molecule has 6 N–H and O–H groups in total. The van der Waals surface area contributed by atoms with E-state index < -0.39 is 84.5 Å². The van der Waals surface area contributed by atoms with Crippen LogP contribution in [-0.2, 0) is 30.5 Å². The van der Waals surface area contributed by atoms with E-state index in [0.717, 1.165) is 19.3 Å². The molecule has 2 aromatic heterocycles. The highest BCUT2D eigenvalue weighted by molar-refractivity contribution is 6.38. The molecule has 5 atom stereocenters. The van der Waals surface area contributed by atoms with Crippen LogP contribution in [0, 0.1) is 17.8 Å². The number of H-pyrrole nitrogens is 1. The number of hydrogen-bond acceptors (Lipinski definition) is 11. The Hall–Kier alpha value is -5.04. The zero-order chi connectivity index (χ0) is 39.1. The molecular formula is C33H48F3N11O6. The highest BCUT2D eigenvalue weighted by Crippen LogP contribution is 2.28. The predicted molar refractivity (Wildman–Crippen MR) is 181 cm³/mol. The molecule has 1 aliphatic rings. The number of amides is 5. The van der Waals surface area contributed by atoms with Crippen molar-refractivity contribution in [3.05, 3.63) is 30.1 Å². The Morgan fingerprint density at radius 1 is 0.887 bits per heavy atom. The van der Waals surface area contributed by atoms with Crippen molar-refractivity contribution in [3.63, 3.8) is 0 Å². The van der Waals surface area contributed by atoms with Crippen LogP contribution in [-0.4, -0.2) is 96.3 Å². The van der Waals surface area contributed by atoms with Gasteiger partial charge >= 0.3 is 6.18 Å². The Morgan fingerprint density at radius 2 is 1.57 bits per heavy atom. The molecule has 0 aliphatic heterocycles. The summed E-state index contributed by atoms with van der Waals surface area (Å²) in [6, 6.07) is -6.02. The number of carbonyl (C=O) groups excluding carboxylic acids is 6. The van der Waals surface area contributed by atoms with Crippen molar-refractivity contribution in [2.45, 2.75) is 122 Å². The molecule has 17 nitrogen and oxygen atoms in total. The van der Waals surface area contributed by atoms with Gasteiger partial charge in [-0.15, -0.1) is 10.2 Å². The summed E-state index contributed by atoms with van der Waals surface area (Å²) < 4.78 is 40.9. The standard InChI is InChI=1S/C33H48F3N11O6/c1-5-19(4)26(43-29(50)21(13-18(2)3)40-30(51)24-16-37-11-12-38-24)31(52)41-22(14-20-9-7-6-8-10-20)28(49)42-23(15-33(34,35)36)27(48)32(53)39-17-25-44-46-47-45-25/h11-12,16,18-23,26H,5-10,13-15,17H2,1-4H3,(H,39,53)(H,40,51)(H,41,52)(H,42,49)(H,43,50)(H,44,45,46,47)/t19-,21-,22-,23-,26-/m0/s1. The Bertz CT molecular complexity index is 1520. The maximum Gasteiger partial charge on any atom is 0.391 e. The zero-order valence-corrected chi connectivity index (χ0v) is 30.2. The molecule has 1 saturated carbocycles. The first-order chi connectivity index (χ1) is 25.1. The molecule has 53 heavy (non-hydrogen) atoms.